The number of hydrogen-bond donors (Lipinski definition) is 0. The van der Waals surface area contributed by atoms with Gasteiger partial charge >= 0.3 is 0 Å². The first-order chi connectivity index (χ1) is 7.17. The van der Waals surface area contributed by atoms with E-state index in [2.05, 4.69) is 4.99 Å². The van der Waals surface area contributed by atoms with Gasteiger partial charge in [-0.2, -0.15) is 10.3 Å². The minimum absolute atomic E-state index is 0.735. The first kappa shape index (κ1) is 12.4. The maximum Gasteiger partial charge on any atom is 0.207 e. The van der Waals surface area contributed by atoms with Crippen LogP contribution in [0, 0.1) is 18.4 Å². The fourth-order valence-corrected chi connectivity index (χ4v) is 2.46. The molecule has 2 nitrogen and oxygen atoms in total. The highest BCUT2D eigenvalue weighted by Gasteiger charge is 2.03. The van der Waals surface area contributed by atoms with Gasteiger partial charge in [-0.15, -0.1) is 11.8 Å². The molecule has 0 saturated heterocycles. The highest BCUT2D eigenvalue weighted by Crippen LogP contribution is 2.27. The summed E-state index contributed by atoms with van der Waals surface area (Å²) in [7, 11) is 0. The molecule has 5 heteroatoms. The van der Waals surface area contributed by atoms with Crippen molar-refractivity contribution in [2.24, 2.45) is 4.99 Å². The Balaban J connectivity index is 2.86. The minimum Gasteiger partial charge on any atom is -0.170 e. The molecule has 0 aliphatic rings. The van der Waals surface area contributed by atoms with Gasteiger partial charge in [-0.25, -0.2) is 0 Å². The van der Waals surface area contributed by atoms with Crippen LogP contribution in [0.15, 0.2) is 28.1 Å². The lowest BCUT2D eigenvalue weighted by Crippen LogP contribution is -1.84. The third-order valence-electron chi connectivity index (χ3n) is 1.65. The summed E-state index contributed by atoms with van der Waals surface area (Å²) in [6.45, 7) is 1.95. The summed E-state index contributed by atoms with van der Waals surface area (Å²) in [6, 6.07) is 5.75. The number of nitriles is 1. The number of hydrogen-bond acceptors (Lipinski definition) is 4. The van der Waals surface area contributed by atoms with Crippen molar-refractivity contribution in [2.45, 2.75) is 11.8 Å². The number of rotatable bonds is 1. The molecule has 0 aliphatic carbocycles. The molecular formula is C10H9ClN2S2. The Labute approximate surface area is 103 Å². The molecule has 0 spiro atoms. The molecule has 0 fully saturated rings. The summed E-state index contributed by atoms with van der Waals surface area (Å²) >= 11 is 8.84. The molecule has 0 unspecified atom stereocenters. The molecule has 0 aliphatic heterocycles. The third-order valence-corrected chi connectivity index (χ3v) is 4.02. The van der Waals surface area contributed by atoms with Crippen LogP contribution in [0.5, 0.6) is 0 Å². The van der Waals surface area contributed by atoms with Gasteiger partial charge in [-0.3, -0.25) is 0 Å². The van der Waals surface area contributed by atoms with Crippen LogP contribution < -0.4 is 0 Å². The molecule has 1 aromatic carbocycles. The number of aliphatic imine (C=N–C) groups is 1. The van der Waals surface area contributed by atoms with Crippen molar-refractivity contribution in [3.8, 4) is 6.19 Å². The van der Waals surface area contributed by atoms with Crippen molar-refractivity contribution >= 4 is 39.5 Å². The monoisotopic (exact) mass is 256 g/mol. The van der Waals surface area contributed by atoms with Crippen LogP contribution in [-0.2, 0) is 0 Å². The van der Waals surface area contributed by atoms with Gasteiger partial charge in [0.2, 0.25) is 6.19 Å². The number of nitrogens with zero attached hydrogens (tertiary/aromatic N) is 2. The summed E-state index contributed by atoms with van der Waals surface area (Å²) in [6.07, 6.45) is 3.68. The standard InChI is InChI=1S/C10H9ClN2S2/c1-7-5-8(3-4-9(7)11)15-10(14-2)13-6-12/h3-5H,1-2H3. The van der Waals surface area contributed by atoms with Crippen LogP contribution >= 0.6 is 35.1 Å². The maximum absolute atomic E-state index is 8.46. The molecular weight excluding hydrogens is 248 g/mol. The average molecular weight is 257 g/mol. The highest BCUT2D eigenvalue weighted by atomic mass is 35.5. The van der Waals surface area contributed by atoms with Gasteiger partial charge in [0.25, 0.3) is 0 Å². The molecule has 1 rings (SSSR count). The summed E-state index contributed by atoms with van der Waals surface area (Å²) in [5, 5.41) is 9.21. The molecule has 0 bridgehead atoms. The van der Waals surface area contributed by atoms with Gasteiger partial charge in [0, 0.05) is 9.92 Å². The molecule has 78 valence electrons. The smallest absolute Gasteiger partial charge is 0.170 e. The van der Waals surface area contributed by atoms with E-state index in [1.807, 2.05) is 31.4 Å². The lowest BCUT2D eigenvalue weighted by Gasteiger charge is -2.03. The Morgan fingerprint density at radius 1 is 1.53 bits per heavy atom. The first-order valence-corrected chi connectivity index (χ1v) is 6.54. The fraction of sp³-hybridized carbons (Fsp3) is 0.200. The highest BCUT2D eigenvalue weighted by molar-refractivity contribution is 8.38. The van der Waals surface area contributed by atoms with E-state index in [-0.39, 0.29) is 0 Å². The predicted molar refractivity (Wildman–Crippen MR) is 68.6 cm³/mol. The quantitative estimate of drug-likeness (QED) is 0.330. The summed E-state index contributed by atoms with van der Waals surface area (Å²) < 4.78 is 0.735. The Morgan fingerprint density at radius 3 is 2.80 bits per heavy atom. The van der Waals surface area contributed by atoms with Gasteiger partial charge in [-0.1, -0.05) is 23.4 Å². The number of thioether (sulfide) groups is 2. The SMILES string of the molecule is CSC(=NC#N)Sc1ccc(Cl)c(C)c1. The van der Waals surface area contributed by atoms with E-state index in [4.69, 9.17) is 16.9 Å². The third kappa shape index (κ3) is 3.78. The zero-order valence-corrected chi connectivity index (χ0v) is 10.7. The maximum atomic E-state index is 8.46. The minimum atomic E-state index is 0.735. The van der Waals surface area contributed by atoms with Crippen LogP contribution in [0.1, 0.15) is 5.56 Å². The predicted octanol–water partition coefficient (Wildman–Crippen LogP) is 3.94. The Bertz CT molecular complexity index is 424. The first-order valence-electron chi connectivity index (χ1n) is 4.12. The van der Waals surface area contributed by atoms with E-state index in [1.165, 1.54) is 23.5 Å². The van der Waals surface area contributed by atoms with Crippen LogP contribution in [0.2, 0.25) is 5.02 Å². The Hall–Kier alpha value is -0.630. The van der Waals surface area contributed by atoms with Gasteiger partial charge in [0.1, 0.15) is 4.38 Å². The van der Waals surface area contributed by atoms with Crippen molar-refractivity contribution in [3.63, 3.8) is 0 Å². The lowest BCUT2D eigenvalue weighted by molar-refractivity contribution is 1.37. The van der Waals surface area contributed by atoms with E-state index in [0.717, 1.165) is 19.9 Å². The zero-order valence-electron chi connectivity index (χ0n) is 8.32. The average Bonchev–Trinajstić information content (AvgIpc) is 2.23. The molecule has 0 radical (unpaired) electrons. The second-order valence-electron chi connectivity index (χ2n) is 2.69. The van der Waals surface area contributed by atoms with Crippen molar-refractivity contribution in [1.82, 2.24) is 0 Å². The molecule has 0 heterocycles. The summed E-state index contributed by atoms with van der Waals surface area (Å²) in [5.74, 6) is 0. The number of benzene rings is 1. The van der Waals surface area contributed by atoms with E-state index in [9.17, 15) is 0 Å². The summed E-state index contributed by atoms with van der Waals surface area (Å²) in [4.78, 5) is 4.75. The van der Waals surface area contributed by atoms with E-state index in [1.54, 1.807) is 6.19 Å². The van der Waals surface area contributed by atoms with Crippen molar-refractivity contribution < 1.29 is 0 Å². The number of aryl methyl sites for hydroxylation is 1. The van der Waals surface area contributed by atoms with Crippen LogP contribution in [-0.4, -0.2) is 10.6 Å². The lowest BCUT2D eigenvalue weighted by atomic mass is 10.2. The molecule has 15 heavy (non-hydrogen) atoms. The molecule has 0 amide bonds. The molecule has 0 saturated carbocycles. The van der Waals surface area contributed by atoms with Crippen molar-refractivity contribution in [2.75, 3.05) is 6.26 Å². The van der Waals surface area contributed by atoms with Gasteiger partial charge in [0.05, 0.1) is 0 Å². The molecule has 0 N–H and O–H groups in total. The van der Waals surface area contributed by atoms with Crippen LogP contribution in [0.4, 0.5) is 0 Å². The van der Waals surface area contributed by atoms with Crippen LogP contribution in [0.25, 0.3) is 0 Å². The second kappa shape index (κ2) is 6.06. The van der Waals surface area contributed by atoms with E-state index in [0.29, 0.717) is 0 Å². The van der Waals surface area contributed by atoms with Crippen molar-refractivity contribution in [3.05, 3.63) is 28.8 Å². The van der Waals surface area contributed by atoms with Crippen molar-refractivity contribution in [1.29, 1.82) is 5.26 Å². The zero-order chi connectivity index (χ0) is 11.3. The van der Waals surface area contributed by atoms with E-state index >= 15 is 0 Å². The molecule has 0 aromatic heterocycles. The fourth-order valence-electron chi connectivity index (χ4n) is 0.932. The second-order valence-corrected chi connectivity index (χ2v) is 5.22. The number of halogens is 1. The van der Waals surface area contributed by atoms with Gasteiger partial charge in [0.15, 0.2) is 0 Å². The molecule has 1 aromatic rings. The Morgan fingerprint density at radius 2 is 2.27 bits per heavy atom. The molecule has 0 atom stereocenters. The summed E-state index contributed by atoms with van der Waals surface area (Å²) in [5.41, 5.74) is 1.03. The van der Waals surface area contributed by atoms with Crippen LogP contribution in [0.3, 0.4) is 0 Å². The Kier molecular flexibility index (Phi) is 5.03. The normalized spacial score (nSPS) is 11.2. The largest absolute Gasteiger partial charge is 0.207 e. The van der Waals surface area contributed by atoms with Gasteiger partial charge in [-0.05, 0) is 36.9 Å². The van der Waals surface area contributed by atoms with Gasteiger partial charge < -0.3 is 0 Å². The van der Waals surface area contributed by atoms with E-state index < -0.39 is 0 Å². The topological polar surface area (TPSA) is 36.1 Å².